The number of carbonyl (C=O) groups is 1. The Morgan fingerprint density at radius 1 is 1.21 bits per heavy atom. The number of carbonyl (C=O) groups excluding carboxylic acids is 1. The molecule has 0 saturated heterocycles. The lowest BCUT2D eigenvalue weighted by molar-refractivity contribution is 0.0957. The monoisotopic (exact) mass is 387 g/mol. The van der Waals surface area contributed by atoms with E-state index in [1.165, 1.54) is 12.0 Å². The summed E-state index contributed by atoms with van der Waals surface area (Å²) in [7, 11) is 4.06. The summed E-state index contributed by atoms with van der Waals surface area (Å²) in [6.07, 6.45) is 2.95. The van der Waals surface area contributed by atoms with E-state index in [9.17, 15) is 4.79 Å². The summed E-state index contributed by atoms with van der Waals surface area (Å²) in [6.45, 7) is 1.66. The number of hydrazone groups is 1. The van der Waals surface area contributed by atoms with E-state index in [2.05, 4.69) is 62.1 Å². The van der Waals surface area contributed by atoms with Crippen LogP contribution in [-0.2, 0) is 6.54 Å². The molecule has 6 nitrogen and oxygen atoms in total. The van der Waals surface area contributed by atoms with E-state index in [0.717, 1.165) is 40.9 Å². The number of aromatic nitrogens is 1. The van der Waals surface area contributed by atoms with Crippen LogP contribution in [0.1, 0.15) is 39.5 Å². The molecule has 5 rings (SSSR count). The highest BCUT2D eigenvalue weighted by atomic mass is 16.2. The van der Waals surface area contributed by atoms with Gasteiger partial charge in [0.15, 0.2) is 0 Å². The molecular weight excluding hydrogens is 362 g/mol. The van der Waals surface area contributed by atoms with Crippen molar-refractivity contribution in [1.29, 1.82) is 0 Å². The van der Waals surface area contributed by atoms with Gasteiger partial charge >= 0.3 is 0 Å². The van der Waals surface area contributed by atoms with Crippen molar-refractivity contribution >= 4 is 28.7 Å². The summed E-state index contributed by atoms with van der Waals surface area (Å²) in [5, 5.41) is 8.61. The van der Waals surface area contributed by atoms with Gasteiger partial charge in [-0.2, -0.15) is 5.10 Å². The van der Waals surface area contributed by atoms with Gasteiger partial charge in [0.25, 0.3) is 5.91 Å². The predicted octanol–water partition coefficient (Wildman–Crippen LogP) is 3.52. The quantitative estimate of drug-likeness (QED) is 0.606. The molecule has 1 aromatic heterocycles. The molecule has 1 aliphatic carbocycles. The van der Waals surface area contributed by atoms with Gasteiger partial charge in [-0.1, -0.05) is 30.3 Å². The Balaban J connectivity index is 1.41. The molecule has 1 fully saturated rings. The highest BCUT2D eigenvalue weighted by Crippen LogP contribution is 2.47. The summed E-state index contributed by atoms with van der Waals surface area (Å²) in [5.41, 5.74) is 8.69. The van der Waals surface area contributed by atoms with E-state index in [1.54, 1.807) is 6.21 Å². The molecule has 1 saturated carbocycles. The number of H-pyrrole nitrogens is 1. The molecule has 29 heavy (non-hydrogen) atoms. The van der Waals surface area contributed by atoms with Gasteiger partial charge in [0.05, 0.1) is 11.8 Å². The summed E-state index contributed by atoms with van der Waals surface area (Å²) in [4.78, 5) is 18.2. The molecule has 0 radical (unpaired) electrons. The van der Waals surface area contributed by atoms with Crippen molar-refractivity contribution in [1.82, 2.24) is 15.3 Å². The molecule has 1 aliphatic heterocycles. The number of rotatable bonds is 6. The van der Waals surface area contributed by atoms with Gasteiger partial charge in [0.2, 0.25) is 0 Å². The van der Waals surface area contributed by atoms with Gasteiger partial charge in [0.1, 0.15) is 0 Å². The molecule has 3 N–H and O–H groups in total. The van der Waals surface area contributed by atoms with E-state index >= 15 is 0 Å². The first-order valence-corrected chi connectivity index (χ1v) is 10.1. The Bertz CT molecular complexity index is 1100. The second kappa shape index (κ2) is 7.04. The molecule has 6 heteroatoms. The van der Waals surface area contributed by atoms with Crippen molar-refractivity contribution in [2.24, 2.45) is 11.0 Å². The van der Waals surface area contributed by atoms with Crippen LogP contribution in [0.3, 0.4) is 0 Å². The largest absolute Gasteiger partial charge is 0.385 e. The number of anilines is 1. The lowest BCUT2D eigenvalue weighted by Gasteiger charge is -2.09. The Morgan fingerprint density at radius 3 is 2.83 bits per heavy atom. The van der Waals surface area contributed by atoms with Gasteiger partial charge in [-0.05, 0) is 50.0 Å². The second-order valence-corrected chi connectivity index (χ2v) is 8.29. The Kier molecular flexibility index (Phi) is 4.36. The van der Waals surface area contributed by atoms with Crippen LogP contribution in [0.2, 0.25) is 0 Å². The lowest BCUT2D eigenvalue weighted by atomic mass is 10.0. The zero-order valence-electron chi connectivity index (χ0n) is 16.7. The van der Waals surface area contributed by atoms with Gasteiger partial charge in [-0.15, -0.1) is 0 Å². The van der Waals surface area contributed by atoms with Crippen LogP contribution < -0.4 is 10.7 Å². The Hall–Kier alpha value is -3.12. The summed E-state index contributed by atoms with van der Waals surface area (Å²) in [5.74, 6) is 1.10. The van der Waals surface area contributed by atoms with Crippen LogP contribution in [0.5, 0.6) is 0 Å². The number of nitrogens with one attached hydrogen (secondary N) is 3. The second-order valence-electron chi connectivity index (χ2n) is 8.29. The smallest absolute Gasteiger partial charge is 0.272 e. The van der Waals surface area contributed by atoms with Crippen molar-refractivity contribution in [2.45, 2.75) is 18.9 Å². The summed E-state index contributed by atoms with van der Waals surface area (Å²) >= 11 is 0. The molecule has 2 aromatic carbocycles. The molecule has 0 bridgehead atoms. The van der Waals surface area contributed by atoms with Crippen molar-refractivity contribution in [2.75, 3.05) is 26.0 Å². The number of amides is 1. The number of nitrogens with zero attached hydrogens (tertiary/aromatic N) is 2. The predicted molar refractivity (Wildman–Crippen MR) is 117 cm³/mol. The minimum atomic E-state index is -0.169. The fraction of sp³-hybridized carbons (Fsp3) is 0.304. The van der Waals surface area contributed by atoms with E-state index in [4.69, 9.17) is 0 Å². The zero-order valence-corrected chi connectivity index (χ0v) is 16.7. The van der Waals surface area contributed by atoms with Crippen molar-refractivity contribution in [3.8, 4) is 0 Å². The van der Waals surface area contributed by atoms with Gasteiger partial charge in [0, 0.05) is 40.9 Å². The zero-order chi connectivity index (χ0) is 20.0. The third-order valence-electron chi connectivity index (χ3n) is 5.82. The van der Waals surface area contributed by atoms with Crippen molar-refractivity contribution < 1.29 is 4.79 Å². The molecule has 0 spiro atoms. The van der Waals surface area contributed by atoms with Crippen LogP contribution in [0, 0.1) is 5.92 Å². The van der Waals surface area contributed by atoms with Gasteiger partial charge in [-0.25, -0.2) is 5.43 Å². The van der Waals surface area contributed by atoms with E-state index in [-0.39, 0.29) is 5.91 Å². The first kappa shape index (κ1) is 17.9. The average Bonchev–Trinajstić information content (AvgIpc) is 3.44. The number of hydrogen-bond donors (Lipinski definition) is 3. The first-order valence-electron chi connectivity index (χ1n) is 10.1. The number of hydrogen-bond acceptors (Lipinski definition) is 4. The van der Waals surface area contributed by atoms with Crippen LogP contribution in [0.15, 0.2) is 47.6 Å². The maximum Gasteiger partial charge on any atom is 0.272 e. The topological polar surface area (TPSA) is 72.5 Å². The summed E-state index contributed by atoms with van der Waals surface area (Å²) < 4.78 is 0. The number of aromatic amines is 1. The maximum atomic E-state index is 12.6. The molecule has 2 heterocycles. The van der Waals surface area contributed by atoms with Crippen LogP contribution in [0.4, 0.5) is 5.69 Å². The Labute approximate surface area is 170 Å². The third-order valence-corrected chi connectivity index (χ3v) is 5.82. The fourth-order valence-corrected chi connectivity index (χ4v) is 4.32. The minimum absolute atomic E-state index is 0.169. The van der Waals surface area contributed by atoms with Crippen molar-refractivity contribution in [3.05, 3.63) is 64.8 Å². The molecular formula is C23H25N5O. The first-order chi connectivity index (χ1) is 14.1. The average molecular weight is 387 g/mol. The Morgan fingerprint density at radius 2 is 2.03 bits per heavy atom. The minimum Gasteiger partial charge on any atom is -0.385 e. The standard InChI is InChI=1S/C23H25N5O/c1-28(2)13-21-19-12-25-27-23(29)18-9-16(10-20(26-21)22(18)19)24-11-15-8-17(15)14-6-4-3-5-7-14/h3-7,9-10,12,15,17,24,26H,8,11,13H2,1-2H3,(H,27,29)/t15-,17-/m0/s1. The normalized spacial score (nSPS) is 20.0. The molecule has 1 amide bonds. The summed E-state index contributed by atoms with van der Waals surface area (Å²) in [6, 6.07) is 14.7. The van der Waals surface area contributed by atoms with E-state index in [1.807, 2.05) is 20.2 Å². The molecule has 2 atom stereocenters. The van der Waals surface area contributed by atoms with E-state index in [0.29, 0.717) is 17.4 Å². The third kappa shape index (κ3) is 3.40. The van der Waals surface area contributed by atoms with Gasteiger partial charge in [-0.3, -0.25) is 4.79 Å². The molecule has 148 valence electrons. The highest BCUT2D eigenvalue weighted by molar-refractivity contribution is 6.15. The van der Waals surface area contributed by atoms with Crippen molar-refractivity contribution in [3.63, 3.8) is 0 Å². The van der Waals surface area contributed by atoms with E-state index < -0.39 is 0 Å². The van der Waals surface area contributed by atoms with Crippen LogP contribution in [-0.4, -0.2) is 42.6 Å². The SMILES string of the molecule is CN(C)Cc1[nH]c2cc(NC[C@@H]3C[C@H]3c3ccccc3)cc3c2c1C=NNC3=O. The highest BCUT2D eigenvalue weighted by Gasteiger charge is 2.37. The van der Waals surface area contributed by atoms with Crippen LogP contribution in [0.25, 0.3) is 10.9 Å². The molecule has 2 aliphatic rings. The lowest BCUT2D eigenvalue weighted by Crippen LogP contribution is -2.17. The number of benzene rings is 2. The molecule has 3 aromatic rings. The fourth-order valence-electron chi connectivity index (χ4n) is 4.32. The van der Waals surface area contributed by atoms with Gasteiger partial charge < -0.3 is 15.2 Å². The maximum absolute atomic E-state index is 12.6. The van der Waals surface area contributed by atoms with Crippen LogP contribution >= 0.6 is 0 Å². The molecule has 0 unspecified atom stereocenters.